The number of sulfonamides is 1. The molecule has 240 valence electrons. The van der Waals surface area contributed by atoms with Gasteiger partial charge in [0.2, 0.25) is 5.88 Å². The molecule has 2 aliphatic rings. The number of hydrogen-bond acceptors (Lipinski definition) is 6. The molecule has 2 heterocycles. The number of nitrogens with one attached hydrogen (secondary N) is 1. The zero-order chi connectivity index (χ0) is 32.1. The molecule has 0 aliphatic heterocycles. The van der Waals surface area contributed by atoms with E-state index in [9.17, 15) is 17.2 Å². The molecular weight excluding hydrogens is 606 g/mol. The van der Waals surface area contributed by atoms with Gasteiger partial charge < -0.3 is 4.74 Å². The first-order chi connectivity index (χ1) is 22.3. The number of rotatable bonds is 8. The number of nitrogens with zero attached hydrogens (tertiary/aromatic N) is 3. The van der Waals surface area contributed by atoms with Crippen molar-refractivity contribution in [1.82, 2.24) is 14.9 Å². The fourth-order valence-electron chi connectivity index (χ4n) is 6.78. The molecule has 2 aliphatic carbocycles. The van der Waals surface area contributed by atoms with Gasteiger partial charge in [-0.2, -0.15) is 0 Å². The predicted molar refractivity (Wildman–Crippen MR) is 176 cm³/mol. The third kappa shape index (κ3) is 7.16. The minimum absolute atomic E-state index is 0.00402. The van der Waals surface area contributed by atoms with Crippen LogP contribution in [0.5, 0.6) is 5.88 Å². The van der Waals surface area contributed by atoms with Crippen LogP contribution in [0.2, 0.25) is 0 Å². The molecule has 7 nitrogen and oxygen atoms in total. The number of benzene rings is 2. The number of halogens is 2. The van der Waals surface area contributed by atoms with Crippen LogP contribution in [0.3, 0.4) is 0 Å². The quantitative estimate of drug-likeness (QED) is 0.198. The third-order valence-corrected chi connectivity index (χ3v) is 10.5. The largest absolute Gasteiger partial charge is 0.480 e. The van der Waals surface area contributed by atoms with E-state index in [0.717, 1.165) is 40.7 Å². The van der Waals surface area contributed by atoms with Crippen molar-refractivity contribution in [1.29, 1.82) is 0 Å². The molecular formula is C36H38F2N4O3S. The van der Waals surface area contributed by atoms with Gasteiger partial charge in [0.05, 0.1) is 19.2 Å². The minimum Gasteiger partial charge on any atom is -0.480 e. The molecule has 10 heteroatoms. The Morgan fingerprint density at radius 1 is 0.891 bits per heavy atom. The highest BCUT2D eigenvalue weighted by Gasteiger charge is 2.28. The van der Waals surface area contributed by atoms with Crippen molar-refractivity contribution >= 4 is 26.6 Å². The molecule has 46 heavy (non-hydrogen) atoms. The van der Waals surface area contributed by atoms with Crippen LogP contribution in [0.1, 0.15) is 69.8 Å². The summed E-state index contributed by atoms with van der Waals surface area (Å²) in [5, 5.41) is 0.876. The second-order valence-corrected chi connectivity index (χ2v) is 13.8. The average molecular weight is 645 g/mol. The summed E-state index contributed by atoms with van der Waals surface area (Å²) in [6, 6.07) is 12.7. The molecule has 0 radical (unpaired) electrons. The maximum Gasteiger partial charge on any atom is 0.264 e. The van der Waals surface area contributed by atoms with E-state index < -0.39 is 26.6 Å². The molecule has 1 N–H and O–H groups in total. The number of ether oxygens (including phenoxy) is 1. The number of hydrogen-bond donors (Lipinski definition) is 1. The van der Waals surface area contributed by atoms with Gasteiger partial charge in [-0.05, 0) is 67.6 Å². The highest BCUT2D eigenvalue weighted by atomic mass is 32.2. The summed E-state index contributed by atoms with van der Waals surface area (Å²) in [6.45, 7) is 0.749. The Morgan fingerprint density at radius 3 is 2.28 bits per heavy atom. The second-order valence-electron chi connectivity index (χ2n) is 12.1. The third-order valence-electron chi connectivity index (χ3n) is 9.12. The average Bonchev–Trinajstić information content (AvgIpc) is 3.07. The van der Waals surface area contributed by atoms with Crippen molar-refractivity contribution in [3.63, 3.8) is 0 Å². The van der Waals surface area contributed by atoms with E-state index in [1.807, 2.05) is 24.3 Å². The summed E-state index contributed by atoms with van der Waals surface area (Å²) in [5.41, 5.74) is 3.04. The van der Waals surface area contributed by atoms with Crippen LogP contribution in [0.15, 0.2) is 65.8 Å². The van der Waals surface area contributed by atoms with Crippen LogP contribution < -0.4 is 9.46 Å². The molecule has 0 atom stereocenters. The number of aromatic nitrogens is 2. The van der Waals surface area contributed by atoms with Gasteiger partial charge in [0, 0.05) is 47.1 Å². The fraction of sp³-hybridized carbons (Fsp3) is 0.389. The van der Waals surface area contributed by atoms with Crippen molar-refractivity contribution in [2.75, 3.05) is 18.4 Å². The second kappa shape index (κ2) is 14.1. The Hall–Kier alpha value is -4.07. The van der Waals surface area contributed by atoms with E-state index in [4.69, 9.17) is 4.74 Å². The van der Waals surface area contributed by atoms with Gasteiger partial charge in [-0.1, -0.05) is 56.4 Å². The molecule has 0 unspecified atom stereocenters. The van der Waals surface area contributed by atoms with Gasteiger partial charge in [0.1, 0.15) is 22.2 Å². The standard InChI is InChI=1S/C36H38F2N4O3S/c1-45-36-34(41-46(43,44)35-17-15-28(37)23-32(35)38)22-27(24-40-36)26-14-16-33-31(21-26)25(18-19-39-33)9-8-20-42(29-10-4-2-5-11-29)30-12-6-3-7-13-30/h14-19,21-24,29-30,41H,2-7,10-13,20H2,1H3. The van der Waals surface area contributed by atoms with Crippen molar-refractivity contribution in [3.05, 3.63) is 78.1 Å². The SMILES string of the molecule is COc1ncc(-c2ccc3nccc(C#CCN(C4CCCCC4)C4CCCCC4)c3c2)cc1NS(=O)(=O)c1ccc(F)cc1F. The molecule has 0 bridgehead atoms. The summed E-state index contributed by atoms with van der Waals surface area (Å²) in [6.07, 6.45) is 16.2. The van der Waals surface area contributed by atoms with Crippen LogP contribution >= 0.6 is 0 Å². The van der Waals surface area contributed by atoms with Crippen molar-refractivity contribution in [2.45, 2.75) is 81.2 Å². The highest BCUT2D eigenvalue weighted by molar-refractivity contribution is 7.92. The van der Waals surface area contributed by atoms with Gasteiger partial charge >= 0.3 is 0 Å². The summed E-state index contributed by atoms with van der Waals surface area (Å²) >= 11 is 0. The molecule has 6 rings (SSSR count). The van der Waals surface area contributed by atoms with Gasteiger partial charge in [-0.25, -0.2) is 22.2 Å². The Kier molecular flexibility index (Phi) is 9.81. The van der Waals surface area contributed by atoms with Gasteiger partial charge in [-0.3, -0.25) is 14.6 Å². The number of anilines is 1. The summed E-state index contributed by atoms with van der Waals surface area (Å²) in [5.74, 6) is 4.88. The molecule has 2 aromatic heterocycles. The lowest BCUT2D eigenvalue weighted by Gasteiger charge is -2.40. The maximum absolute atomic E-state index is 14.4. The van der Waals surface area contributed by atoms with Crippen LogP contribution in [0.25, 0.3) is 22.0 Å². The molecule has 0 spiro atoms. The Balaban J connectivity index is 1.29. The van der Waals surface area contributed by atoms with E-state index >= 15 is 0 Å². The lowest BCUT2D eigenvalue weighted by atomic mass is 9.88. The van der Waals surface area contributed by atoms with Crippen LogP contribution in [0.4, 0.5) is 14.5 Å². The van der Waals surface area contributed by atoms with E-state index in [0.29, 0.717) is 23.7 Å². The topological polar surface area (TPSA) is 84.4 Å². The zero-order valence-corrected chi connectivity index (χ0v) is 26.8. The molecule has 4 aromatic rings. The van der Waals surface area contributed by atoms with Crippen LogP contribution in [0, 0.1) is 23.5 Å². The van der Waals surface area contributed by atoms with E-state index in [1.54, 1.807) is 18.5 Å². The Labute approximate surface area is 269 Å². The molecule has 2 saturated carbocycles. The fourth-order valence-corrected chi connectivity index (χ4v) is 7.89. The van der Waals surface area contributed by atoms with Crippen molar-refractivity contribution in [3.8, 4) is 28.8 Å². The Morgan fingerprint density at radius 2 is 1.61 bits per heavy atom. The van der Waals surface area contributed by atoms with Gasteiger partial charge in [0.15, 0.2) is 0 Å². The molecule has 2 fully saturated rings. The van der Waals surface area contributed by atoms with E-state index in [2.05, 4.69) is 31.4 Å². The molecule has 2 aromatic carbocycles. The summed E-state index contributed by atoms with van der Waals surface area (Å²) < 4.78 is 61.5. The minimum atomic E-state index is -4.41. The first-order valence-corrected chi connectivity index (χ1v) is 17.5. The highest BCUT2D eigenvalue weighted by Crippen LogP contribution is 2.33. The van der Waals surface area contributed by atoms with Crippen molar-refractivity contribution < 1.29 is 21.9 Å². The van der Waals surface area contributed by atoms with E-state index in [-0.39, 0.29) is 11.6 Å². The van der Waals surface area contributed by atoms with Crippen LogP contribution in [-0.4, -0.2) is 49.0 Å². The van der Waals surface area contributed by atoms with Crippen molar-refractivity contribution in [2.24, 2.45) is 0 Å². The molecule has 0 saturated heterocycles. The maximum atomic E-state index is 14.4. The van der Waals surface area contributed by atoms with Gasteiger partial charge in [0.25, 0.3) is 10.0 Å². The first-order valence-electron chi connectivity index (χ1n) is 16.0. The lowest BCUT2D eigenvalue weighted by molar-refractivity contribution is 0.0961. The summed E-state index contributed by atoms with van der Waals surface area (Å²) in [7, 11) is -3.06. The number of methoxy groups -OCH3 is 1. The zero-order valence-electron chi connectivity index (χ0n) is 25.9. The van der Waals surface area contributed by atoms with E-state index in [1.165, 1.54) is 71.3 Å². The smallest absolute Gasteiger partial charge is 0.264 e. The van der Waals surface area contributed by atoms with Crippen LogP contribution in [-0.2, 0) is 10.0 Å². The predicted octanol–water partition coefficient (Wildman–Crippen LogP) is 7.70. The summed E-state index contributed by atoms with van der Waals surface area (Å²) in [4.78, 5) is 10.8. The Bertz CT molecular complexity index is 1860. The number of pyridine rings is 2. The monoisotopic (exact) mass is 644 g/mol. The molecule has 0 amide bonds. The number of fused-ring (bicyclic) bond motifs is 1. The lowest BCUT2D eigenvalue weighted by Crippen LogP contribution is -2.45. The first kappa shape index (κ1) is 31.9. The normalized spacial score (nSPS) is 16.3. The van der Waals surface area contributed by atoms with Gasteiger partial charge in [-0.15, -0.1) is 0 Å².